The van der Waals surface area contributed by atoms with E-state index in [-0.39, 0.29) is 12.5 Å². The molecule has 2 rings (SSSR count). The lowest BCUT2D eigenvalue weighted by Gasteiger charge is -2.13. The van der Waals surface area contributed by atoms with Crippen molar-refractivity contribution in [2.24, 2.45) is 17.6 Å². The Labute approximate surface area is 205 Å². The molecule has 2 atom stereocenters. The van der Waals surface area contributed by atoms with Crippen molar-refractivity contribution < 1.29 is 24.2 Å². The number of amides is 2. The van der Waals surface area contributed by atoms with Crippen LogP contribution in [0.2, 0.25) is 0 Å². The Morgan fingerprint density at radius 3 is 2.53 bits per heavy atom. The van der Waals surface area contributed by atoms with Crippen LogP contribution in [0.4, 0.5) is 0 Å². The second kappa shape index (κ2) is 14.5. The molecule has 0 saturated heterocycles. The third-order valence-corrected chi connectivity index (χ3v) is 5.93. The largest absolute Gasteiger partial charge is 0.492 e. The van der Waals surface area contributed by atoms with Gasteiger partial charge in [0.2, 0.25) is 5.91 Å². The van der Waals surface area contributed by atoms with Crippen molar-refractivity contribution in [2.75, 3.05) is 32.8 Å². The van der Waals surface area contributed by atoms with Crippen LogP contribution in [0.15, 0.2) is 30.5 Å². The molecule has 0 aliphatic rings. The van der Waals surface area contributed by atoms with Crippen molar-refractivity contribution in [3.8, 4) is 10.9 Å². The fourth-order valence-electron chi connectivity index (χ4n) is 2.96. The molecule has 10 heteroatoms. The second-order valence-electron chi connectivity index (χ2n) is 8.68. The van der Waals surface area contributed by atoms with Gasteiger partial charge >= 0.3 is 0 Å². The van der Waals surface area contributed by atoms with Crippen molar-refractivity contribution in [2.45, 2.75) is 39.7 Å². The minimum Gasteiger partial charge on any atom is -0.492 e. The first-order valence-electron chi connectivity index (χ1n) is 11.5. The van der Waals surface area contributed by atoms with Gasteiger partial charge in [-0.05, 0) is 42.5 Å². The van der Waals surface area contributed by atoms with Crippen LogP contribution in [0.5, 0.6) is 10.9 Å². The topological polar surface area (TPSA) is 136 Å². The van der Waals surface area contributed by atoms with Gasteiger partial charge in [0.25, 0.3) is 11.1 Å². The zero-order valence-electron chi connectivity index (χ0n) is 20.1. The monoisotopic (exact) mass is 492 g/mol. The maximum Gasteiger partial charge on any atom is 0.273 e. The molecule has 188 valence electrons. The molecule has 2 amide bonds. The molecule has 0 saturated carbocycles. The molecule has 2 unspecified atom stereocenters. The molecule has 0 spiro atoms. The summed E-state index contributed by atoms with van der Waals surface area (Å²) in [5.41, 5.74) is 5.63. The van der Waals surface area contributed by atoms with Gasteiger partial charge in [0.1, 0.15) is 29.9 Å². The number of hydrogen-bond acceptors (Lipinski definition) is 8. The Morgan fingerprint density at radius 1 is 1.12 bits per heavy atom. The Hall–Kier alpha value is -2.69. The number of hydrogen-bond donors (Lipinski definition) is 4. The van der Waals surface area contributed by atoms with E-state index in [4.69, 9.17) is 15.2 Å². The number of carbonyl (C=O) groups is 2. The predicted molar refractivity (Wildman–Crippen MR) is 133 cm³/mol. The van der Waals surface area contributed by atoms with Crippen molar-refractivity contribution >= 4 is 23.2 Å². The number of ether oxygens (including phenoxy) is 2. The third kappa shape index (κ3) is 10.5. The maximum atomic E-state index is 12.3. The van der Waals surface area contributed by atoms with Gasteiger partial charge < -0.3 is 30.9 Å². The summed E-state index contributed by atoms with van der Waals surface area (Å²) in [4.78, 5) is 28.0. The maximum absolute atomic E-state index is 12.3. The Bertz CT molecular complexity index is 888. The van der Waals surface area contributed by atoms with Crippen molar-refractivity contribution in [3.63, 3.8) is 0 Å². The first kappa shape index (κ1) is 27.6. The van der Waals surface area contributed by atoms with Gasteiger partial charge in [0, 0.05) is 25.2 Å². The number of nitrogens with one attached hydrogen (secondary N) is 2. The number of carbonyl (C=O) groups excluding carboxylic acids is 2. The zero-order valence-corrected chi connectivity index (χ0v) is 20.9. The van der Waals surface area contributed by atoms with E-state index in [9.17, 15) is 14.7 Å². The van der Waals surface area contributed by atoms with Crippen LogP contribution in [-0.4, -0.2) is 60.9 Å². The van der Waals surface area contributed by atoms with Crippen LogP contribution in [0.1, 0.15) is 53.6 Å². The number of primary amides is 1. The van der Waals surface area contributed by atoms with Gasteiger partial charge in [-0.3, -0.25) is 9.59 Å². The summed E-state index contributed by atoms with van der Waals surface area (Å²) in [5.74, 6) is 1.07. The predicted octanol–water partition coefficient (Wildman–Crippen LogP) is 2.45. The van der Waals surface area contributed by atoms with Crippen molar-refractivity contribution in [1.29, 1.82) is 0 Å². The molecular formula is C24H36N4O5S. The van der Waals surface area contributed by atoms with Gasteiger partial charge in [-0.25, -0.2) is 4.98 Å². The van der Waals surface area contributed by atoms with Crippen LogP contribution in [-0.2, 0) is 0 Å². The number of aliphatic hydroxyl groups is 1. The quantitative estimate of drug-likeness (QED) is 0.264. The smallest absolute Gasteiger partial charge is 0.273 e. The van der Waals surface area contributed by atoms with E-state index in [0.717, 1.165) is 24.2 Å². The fraction of sp³-hybridized carbons (Fsp3) is 0.542. The molecule has 2 aromatic rings. The van der Waals surface area contributed by atoms with Crippen LogP contribution >= 0.6 is 11.3 Å². The number of nitrogens with two attached hydrogens (primary N) is 1. The summed E-state index contributed by atoms with van der Waals surface area (Å²) in [7, 11) is 0. The molecule has 0 aliphatic carbocycles. The second-order valence-corrected chi connectivity index (χ2v) is 9.68. The van der Waals surface area contributed by atoms with E-state index in [0.29, 0.717) is 59.5 Å². The highest BCUT2D eigenvalue weighted by Crippen LogP contribution is 2.21. The van der Waals surface area contributed by atoms with Gasteiger partial charge in [-0.15, -0.1) is 0 Å². The summed E-state index contributed by atoms with van der Waals surface area (Å²) in [6.07, 6.45) is 2.98. The molecule has 1 heterocycles. The highest BCUT2D eigenvalue weighted by atomic mass is 32.1. The Morgan fingerprint density at radius 2 is 1.85 bits per heavy atom. The number of aromatic nitrogens is 1. The molecule has 34 heavy (non-hydrogen) atoms. The van der Waals surface area contributed by atoms with E-state index in [1.807, 2.05) is 0 Å². The third-order valence-electron chi connectivity index (χ3n) is 5.02. The number of thiazole rings is 1. The molecular weight excluding hydrogens is 456 g/mol. The summed E-state index contributed by atoms with van der Waals surface area (Å²) in [6.45, 7) is 8.44. The summed E-state index contributed by atoms with van der Waals surface area (Å²) in [6, 6.07) is 6.57. The van der Waals surface area contributed by atoms with E-state index in [2.05, 4.69) is 36.4 Å². The number of rotatable bonds is 16. The van der Waals surface area contributed by atoms with Crippen LogP contribution in [0.25, 0.3) is 0 Å². The van der Waals surface area contributed by atoms with Crippen LogP contribution in [0, 0.1) is 11.8 Å². The highest BCUT2D eigenvalue weighted by molar-refractivity contribution is 7.15. The molecule has 9 nitrogen and oxygen atoms in total. The highest BCUT2D eigenvalue weighted by Gasteiger charge is 2.14. The standard InChI is InChI=1S/C24H36N4O5S/c1-16(2)4-5-17(3)12-27-23(31)21-14-28-24(34-21)33-15-19(29)13-26-10-11-32-20-8-6-18(7-9-20)22(25)30/h6-9,14,16-17,19,26,29H,4-5,10-13,15H2,1-3H3,(H2,25,30)(H,27,31). The average Bonchev–Trinajstić information content (AvgIpc) is 3.29. The molecule has 0 radical (unpaired) electrons. The molecule has 0 aliphatic heterocycles. The first-order chi connectivity index (χ1) is 16.2. The first-order valence-corrected chi connectivity index (χ1v) is 12.3. The summed E-state index contributed by atoms with van der Waals surface area (Å²) >= 11 is 1.16. The average molecular weight is 493 g/mol. The normalized spacial score (nSPS) is 12.9. The number of benzene rings is 1. The van der Waals surface area contributed by atoms with Crippen molar-refractivity contribution in [1.82, 2.24) is 15.6 Å². The number of nitrogens with zero attached hydrogens (tertiary/aromatic N) is 1. The van der Waals surface area contributed by atoms with Gasteiger partial charge in [-0.1, -0.05) is 38.5 Å². The summed E-state index contributed by atoms with van der Waals surface area (Å²) < 4.78 is 11.1. The van der Waals surface area contributed by atoms with Crippen LogP contribution < -0.4 is 25.8 Å². The Balaban J connectivity index is 1.59. The molecule has 5 N–H and O–H groups in total. The minimum absolute atomic E-state index is 0.0588. The van der Waals surface area contributed by atoms with Gasteiger partial charge in [-0.2, -0.15) is 0 Å². The van der Waals surface area contributed by atoms with E-state index >= 15 is 0 Å². The van der Waals surface area contributed by atoms with Gasteiger partial charge in [0.05, 0.1) is 6.20 Å². The van der Waals surface area contributed by atoms with Crippen molar-refractivity contribution in [3.05, 3.63) is 40.9 Å². The lowest BCUT2D eigenvalue weighted by atomic mass is 9.99. The number of aliphatic hydroxyl groups excluding tert-OH is 1. The molecule has 1 aromatic heterocycles. The fourth-order valence-corrected chi connectivity index (χ4v) is 3.65. The van der Waals surface area contributed by atoms with E-state index in [1.54, 1.807) is 24.3 Å². The summed E-state index contributed by atoms with van der Waals surface area (Å²) in [5, 5.41) is 16.5. The van der Waals surface area contributed by atoms with Crippen LogP contribution in [0.3, 0.4) is 0 Å². The molecule has 0 bridgehead atoms. The minimum atomic E-state index is -0.738. The van der Waals surface area contributed by atoms with E-state index < -0.39 is 12.0 Å². The molecule has 1 aromatic carbocycles. The lowest BCUT2D eigenvalue weighted by molar-refractivity contribution is 0.0949. The lowest BCUT2D eigenvalue weighted by Crippen LogP contribution is -2.33. The zero-order chi connectivity index (χ0) is 24.9. The Kier molecular flexibility index (Phi) is 11.8. The van der Waals surface area contributed by atoms with Gasteiger partial charge in [0.15, 0.2) is 0 Å². The SMILES string of the molecule is CC(C)CCC(C)CNC(=O)c1cnc(OCC(O)CNCCOc2ccc(C(N)=O)cc2)s1. The molecule has 0 fully saturated rings. The van der Waals surface area contributed by atoms with E-state index in [1.165, 1.54) is 6.20 Å².